The van der Waals surface area contributed by atoms with Crippen LogP contribution in [0.1, 0.15) is 11.4 Å². The number of imidazole rings is 1. The molecule has 1 N–H and O–H groups in total. The molecule has 0 saturated heterocycles. The van der Waals surface area contributed by atoms with Crippen LogP contribution in [0.5, 0.6) is 0 Å². The van der Waals surface area contributed by atoms with E-state index in [2.05, 4.69) is 4.98 Å². The van der Waals surface area contributed by atoms with Crippen molar-refractivity contribution in [2.24, 2.45) is 0 Å². The summed E-state index contributed by atoms with van der Waals surface area (Å²) in [7, 11) is 0. The van der Waals surface area contributed by atoms with Gasteiger partial charge in [0.1, 0.15) is 18.2 Å². The quantitative estimate of drug-likeness (QED) is 0.801. The van der Waals surface area contributed by atoms with E-state index < -0.39 is 5.97 Å². The second-order valence-corrected chi connectivity index (χ2v) is 4.76. The minimum absolute atomic E-state index is 0.190. The lowest BCUT2D eigenvalue weighted by molar-refractivity contribution is -0.137. The molecular formula is C16H13FN2O2. The molecule has 0 atom stereocenters. The first-order chi connectivity index (χ1) is 10.1. The summed E-state index contributed by atoms with van der Waals surface area (Å²) in [4.78, 5) is 15.5. The first-order valence-electron chi connectivity index (χ1n) is 6.54. The summed E-state index contributed by atoms with van der Waals surface area (Å²) >= 11 is 0. The summed E-state index contributed by atoms with van der Waals surface area (Å²) in [6.07, 6.45) is 0.259. The van der Waals surface area contributed by atoms with E-state index in [1.165, 1.54) is 6.07 Å². The van der Waals surface area contributed by atoms with E-state index in [-0.39, 0.29) is 18.8 Å². The van der Waals surface area contributed by atoms with Crippen LogP contribution in [-0.4, -0.2) is 20.6 Å². The lowest BCUT2D eigenvalue weighted by Crippen LogP contribution is -2.12. The van der Waals surface area contributed by atoms with Crippen molar-refractivity contribution in [1.29, 1.82) is 0 Å². The highest BCUT2D eigenvalue weighted by atomic mass is 19.1. The number of hydrogen-bond donors (Lipinski definition) is 1. The minimum Gasteiger partial charge on any atom is -0.480 e. The fraction of sp³-hybridized carbons (Fsp3) is 0.125. The Morgan fingerprint density at radius 3 is 2.62 bits per heavy atom. The third-order valence-corrected chi connectivity index (χ3v) is 3.33. The van der Waals surface area contributed by atoms with Gasteiger partial charge in [-0.25, -0.2) is 9.37 Å². The fourth-order valence-corrected chi connectivity index (χ4v) is 2.38. The molecule has 1 heterocycles. The molecule has 0 unspecified atom stereocenters. The first kappa shape index (κ1) is 13.3. The first-order valence-corrected chi connectivity index (χ1v) is 6.54. The molecule has 21 heavy (non-hydrogen) atoms. The molecule has 0 fully saturated rings. The fourth-order valence-electron chi connectivity index (χ4n) is 2.38. The maximum Gasteiger partial charge on any atom is 0.323 e. The Morgan fingerprint density at radius 2 is 1.86 bits per heavy atom. The molecule has 0 spiro atoms. The Bertz CT molecular complexity index is 811. The van der Waals surface area contributed by atoms with E-state index in [9.17, 15) is 9.18 Å². The molecule has 3 rings (SSSR count). The van der Waals surface area contributed by atoms with Crippen molar-refractivity contribution in [2.45, 2.75) is 13.0 Å². The lowest BCUT2D eigenvalue weighted by Gasteiger charge is -2.07. The molecule has 1 aromatic heterocycles. The number of carboxylic acid groups (broad SMARTS) is 1. The van der Waals surface area contributed by atoms with Crippen LogP contribution < -0.4 is 0 Å². The zero-order chi connectivity index (χ0) is 14.8. The van der Waals surface area contributed by atoms with Crippen molar-refractivity contribution >= 4 is 17.0 Å². The van der Waals surface area contributed by atoms with Crippen molar-refractivity contribution in [3.8, 4) is 0 Å². The highest BCUT2D eigenvalue weighted by Gasteiger charge is 2.14. The van der Waals surface area contributed by atoms with Gasteiger partial charge in [0.2, 0.25) is 0 Å². The van der Waals surface area contributed by atoms with E-state index in [1.807, 2.05) is 24.3 Å². The number of fused-ring (bicyclic) bond motifs is 1. The average Bonchev–Trinajstić information content (AvgIpc) is 2.79. The predicted molar refractivity (Wildman–Crippen MR) is 76.6 cm³/mol. The zero-order valence-corrected chi connectivity index (χ0v) is 11.2. The predicted octanol–water partition coefficient (Wildman–Crippen LogP) is 2.85. The number of benzene rings is 2. The van der Waals surface area contributed by atoms with E-state index in [0.717, 1.165) is 5.52 Å². The second kappa shape index (κ2) is 5.36. The topological polar surface area (TPSA) is 55.1 Å². The zero-order valence-electron chi connectivity index (χ0n) is 11.2. The molecule has 0 aliphatic heterocycles. The van der Waals surface area contributed by atoms with Crippen LogP contribution >= 0.6 is 0 Å². The van der Waals surface area contributed by atoms with Crippen LogP contribution in [0, 0.1) is 5.82 Å². The number of carboxylic acids is 1. The molecule has 0 aliphatic carbocycles. The number of rotatable bonds is 4. The molecule has 106 valence electrons. The lowest BCUT2D eigenvalue weighted by atomic mass is 10.1. The molecular weight excluding hydrogens is 271 g/mol. The molecule has 5 heteroatoms. The highest BCUT2D eigenvalue weighted by molar-refractivity contribution is 5.78. The molecule has 0 amide bonds. The third kappa shape index (κ3) is 2.63. The summed E-state index contributed by atoms with van der Waals surface area (Å²) in [5.41, 5.74) is 1.95. The van der Waals surface area contributed by atoms with E-state index in [0.29, 0.717) is 16.9 Å². The molecule has 0 radical (unpaired) electrons. The monoisotopic (exact) mass is 284 g/mol. The SMILES string of the molecule is O=C(O)Cn1c(Cc2ccccc2F)nc2ccccc21. The Morgan fingerprint density at radius 1 is 1.14 bits per heavy atom. The van der Waals surface area contributed by atoms with Crippen molar-refractivity contribution in [3.05, 3.63) is 65.7 Å². The van der Waals surface area contributed by atoms with E-state index in [4.69, 9.17) is 5.11 Å². The van der Waals surface area contributed by atoms with Crippen molar-refractivity contribution in [2.75, 3.05) is 0 Å². The van der Waals surface area contributed by atoms with Crippen LogP contribution in [-0.2, 0) is 17.8 Å². The van der Waals surface area contributed by atoms with Gasteiger partial charge in [0.05, 0.1) is 11.0 Å². The van der Waals surface area contributed by atoms with Gasteiger partial charge in [-0.05, 0) is 23.8 Å². The molecule has 0 saturated carbocycles. The van der Waals surface area contributed by atoms with Gasteiger partial charge >= 0.3 is 5.97 Å². The van der Waals surface area contributed by atoms with Gasteiger partial charge in [-0.1, -0.05) is 30.3 Å². The van der Waals surface area contributed by atoms with Crippen LogP contribution in [0.3, 0.4) is 0 Å². The molecule has 4 nitrogen and oxygen atoms in total. The summed E-state index contributed by atoms with van der Waals surface area (Å²) < 4.78 is 15.4. The number of hydrogen-bond acceptors (Lipinski definition) is 2. The van der Waals surface area contributed by atoms with Crippen molar-refractivity contribution in [3.63, 3.8) is 0 Å². The molecule has 0 aliphatic rings. The van der Waals surface area contributed by atoms with E-state index in [1.54, 1.807) is 22.8 Å². The Labute approximate surface area is 120 Å². The number of halogens is 1. The van der Waals surface area contributed by atoms with Gasteiger partial charge < -0.3 is 9.67 Å². The summed E-state index contributed by atoms with van der Waals surface area (Å²) in [6.45, 7) is -0.190. The van der Waals surface area contributed by atoms with Gasteiger partial charge in [-0.3, -0.25) is 4.79 Å². The number of aliphatic carboxylic acids is 1. The summed E-state index contributed by atoms with van der Waals surface area (Å²) in [6, 6.07) is 13.7. The van der Waals surface area contributed by atoms with Crippen molar-refractivity contribution in [1.82, 2.24) is 9.55 Å². The van der Waals surface area contributed by atoms with Crippen LogP contribution in [0.15, 0.2) is 48.5 Å². The molecule has 0 bridgehead atoms. The maximum atomic E-state index is 13.8. The smallest absolute Gasteiger partial charge is 0.323 e. The van der Waals surface area contributed by atoms with Gasteiger partial charge in [-0.2, -0.15) is 0 Å². The Hall–Kier alpha value is -2.69. The van der Waals surface area contributed by atoms with Crippen LogP contribution in [0.4, 0.5) is 4.39 Å². The maximum absolute atomic E-state index is 13.8. The number of aromatic nitrogens is 2. The highest BCUT2D eigenvalue weighted by Crippen LogP contribution is 2.19. The number of carbonyl (C=O) groups is 1. The Balaban J connectivity index is 2.09. The number of nitrogens with zero attached hydrogens (tertiary/aromatic N) is 2. The van der Waals surface area contributed by atoms with Crippen LogP contribution in [0.2, 0.25) is 0 Å². The van der Waals surface area contributed by atoms with Gasteiger partial charge in [0, 0.05) is 6.42 Å². The van der Waals surface area contributed by atoms with Gasteiger partial charge in [0.15, 0.2) is 0 Å². The van der Waals surface area contributed by atoms with Crippen LogP contribution in [0.25, 0.3) is 11.0 Å². The normalized spacial score (nSPS) is 10.9. The third-order valence-electron chi connectivity index (χ3n) is 3.33. The van der Waals surface area contributed by atoms with Crippen molar-refractivity contribution < 1.29 is 14.3 Å². The summed E-state index contributed by atoms with van der Waals surface area (Å²) in [5, 5.41) is 9.07. The standard InChI is InChI=1S/C16H13FN2O2/c17-12-6-2-1-5-11(12)9-15-18-13-7-3-4-8-14(13)19(15)10-16(20)21/h1-8H,9-10H2,(H,20,21). The van der Waals surface area contributed by atoms with E-state index >= 15 is 0 Å². The Kier molecular flexibility index (Phi) is 3.39. The molecule has 2 aromatic carbocycles. The summed E-state index contributed by atoms with van der Waals surface area (Å²) in [5.74, 6) is -0.719. The molecule has 3 aromatic rings. The van der Waals surface area contributed by atoms with Gasteiger partial charge in [0.25, 0.3) is 0 Å². The average molecular weight is 284 g/mol. The minimum atomic E-state index is -0.951. The number of para-hydroxylation sites is 2. The van der Waals surface area contributed by atoms with Gasteiger partial charge in [-0.15, -0.1) is 0 Å². The second-order valence-electron chi connectivity index (χ2n) is 4.76. The largest absolute Gasteiger partial charge is 0.480 e.